The van der Waals surface area contributed by atoms with Crippen LogP contribution in [-0.2, 0) is 26.6 Å². The van der Waals surface area contributed by atoms with Crippen molar-refractivity contribution in [2.45, 2.75) is 4.90 Å². The van der Waals surface area contributed by atoms with Crippen LogP contribution in [0.25, 0.3) is 22.3 Å². The van der Waals surface area contributed by atoms with Gasteiger partial charge in [-0.1, -0.05) is 91.0 Å². The van der Waals surface area contributed by atoms with E-state index in [0.29, 0.717) is 5.30 Å². The number of benzene rings is 4. The Morgan fingerprint density at radius 1 is 0.697 bits per heavy atom. The molecule has 5 aromatic rings. The zero-order valence-electron chi connectivity index (χ0n) is 17.2. The van der Waals surface area contributed by atoms with E-state index in [9.17, 15) is 13.0 Å². The van der Waals surface area contributed by atoms with Crippen molar-refractivity contribution in [3.63, 3.8) is 0 Å². The van der Waals surface area contributed by atoms with Gasteiger partial charge in [-0.25, -0.2) is 0 Å². The van der Waals surface area contributed by atoms with E-state index in [2.05, 4.69) is 0 Å². The Labute approximate surface area is 203 Å². The molecule has 0 bridgehead atoms. The molecule has 5 rings (SSSR count). The van der Waals surface area contributed by atoms with Crippen molar-refractivity contribution in [2.75, 3.05) is 0 Å². The van der Waals surface area contributed by atoms with Crippen LogP contribution in [0.2, 0.25) is 0 Å². The third-order valence-corrected chi connectivity index (χ3v) is 8.86. The summed E-state index contributed by atoms with van der Waals surface area (Å²) >= 11 is 0. The normalized spacial score (nSPS) is 12.3. The molecule has 0 aliphatic heterocycles. The molecule has 4 aromatic carbocycles. The molecular weight excluding hydrogens is 498 g/mol. The topological polar surface area (TPSA) is 67.5 Å². The van der Waals surface area contributed by atoms with Crippen molar-refractivity contribution < 1.29 is 33.9 Å². The van der Waals surface area contributed by atoms with Crippen LogP contribution in [0.4, 0.5) is 0 Å². The molecule has 1 atom stereocenters. The first-order valence-corrected chi connectivity index (χ1v) is 12.8. The smallest absolute Gasteiger partial charge is 0.295 e. The monoisotopic (exact) mass is 516 g/mol. The maximum absolute atomic E-state index is 12.2. The molecule has 4 nitrogen and oxygen atoms in total. The molecule has 0 aliphatic carbocycles. The molecule has 1 N–H and O–H groups in total. The summed E-state index contributed by atoms with van der Waals surface area (Å²) in [5.41, 5.74) is 1.68. The predicted molar refractivity (Wildman–Crippen MR) is 130 cm³/mol. The maximum atomic E-state index is 12.2. The van der Waals surface area contributed by atoms with Gasteiger partial charge in [0.1, 0.15) is 16.2 Å². The van der Waals surface area contributed by atoms with Crippen LogP contribution >= 0.6 is 7.92 Å². The first kappa shape index (κ1) is 23.4. The molecule has 1 heterocycles. The molecule has 0 saturated carbocycles. The first-order valence-electron chi connectivity index (χ1n) is 10.0. The van der Waals surface area contributed by atoms with Crippen LogP contribution in [0.5, 0.6) is 0 Å². The summed E-state index contributed by atoms with van der Waals surface area (Å²) in [5, 5.41) is 3.49. The molecule has 0 amide bonds. The molecule has 0 spiro atoms. The van der Waals surface area contributed by atoms with Crippen LogP contribution in [0.15, 0.2) is 119 Å². The van der Waals surface area contributed by atoms with Gasteiger partial charge in [-0.3, -0.25) is 4.55 Å². The fourth-order valence-corrected chi connectivity index (χ4v) is 7.52. The molecule has 0 fully saturated rings. The van der Waals surface area contributed by atoms with Crippen molar-refractivity contribution in [3.05, 3.63) is 109 Å². The van der Waals surface area contributed by atoms with E-state index >= 15 is 0 Å². The maximum Gasteiger partial charge on any atom is 0.295 e. The van der Waals surface area contributed by atoms with E-state index in [1.807, 2.05) is 84.9 Å². The number of hydrogen-bond acceptors (Lipinski definition) is 3. The minimum absolute atomic E-state index is 0. The molecule has 0 radical (unpaired) electrons. The van der Waals surface area contributed by atoms with Crippen molar-refractivity contribution in [1.29, 1.82) is 0 Å². The van der Waals surface area contributed by atoms with Crippen molar-refractivity contribution in [2.24, 2.45) is 0 Å². The van der Waals surface area contributed by atoms with E-state index in [4.69, 9.17) is 4.42 Å². The summed E-state index contributed by atoms with van der Waals surface area (Å²) < 4.78 is 40.6. The third-order valence-electron chi connectivity index (χ3n) is 5.23. The molecule has 168 valence electrons. The summed E-state index contributed by atoms with van der Waals surface area (Å²) in [6, 6.07) is 34.1. The van der Waals surface area contributed by atoms with E-state index < -0.39 is 18.0 Å². The number of para-hydroxylation sites is 1. The van der Waals surface area contributed by atoms with Gasteiger partial charge in [0.2, 0.25) is 0 Å². The standard InChI is InChI=1S/C26H19O4PS.Ni/c27-32(28,29)26-17-9-8-16-25(26)31(20-11-2-1-3-12-20)24-15-7-5-13-21(24)23-18-19-10-4-6-14-22(19)30-23;/h1-18H,(H,27,28,29);. The largest absolute Gasteiger partial charge is 0.456 e. The molecule has 1 aromatic heterocycles. The SMILES string of the molecule is O=S(=O)(O)c1ccccc1P(c1ccccc1)c1ccccc1-c1cc2ccccc2o1.[Ni]. The second kappa shape index (κ2) is 9.63. The molecule has 0 saturated heterocycles. The van der Waals surface area contributed by atoms with Crippen LogP contribution in [0.3, 0.4) is 0 Å². The second-order valence-electron chi connectivity index (χ2n) is 7.28. The second-order valence-corrected chi connectivity index (χ2v) is 10.8. The Kier molecular flexibility index (Phi) is 6.83. The number of fused-ring (bicyclic) bond motifs is 1. The summed E-state index contributed by atoms with van der Waals surface area (Å²) in [4.78, 5) is -0.0747. The minimum Gasteiger partial charge on any atom is -0.456 e. The Morgan fingerprint density at radius 2 is 1.30 bits per heavy atom. The average Bonchev–Trinajstić information content (AvgIpc) is 3.24. The average molecular weight is 517 g/mol. The Hall–Kier alpha value is -2.75. The molecule has 1 unspecified atom stereocenters. The van der Waals surface area contributed by atoms with E-state index in [-0.39, 0.29) is 21.4 Å². The van der Waals surface area contributed by atoms with Gasteiger partial charge in [0.15, 0.2) is 0 Å². The van der Waals surface area contributed by atoms with E-state index in [0.717, 1.165) is 32.9 Å². The summed E-state index contributed by atoms with van der Waals surface area (Å²) in [7, 11) is -5.70. The van der Waals surface area contributed by atoms with Crippen molar-refractivity contribution >= 4 is 44.9 Å². The van der Waals surface area contributed by atoms with Crippen molar-refractivity contribution in [1.82, 2.24) is 0 Å². The van der Waals surface area contributed by atoms with Crippen molar-refractivity contribution in [3.8, 4) is 11.3 Å². The zero-order chi connectivity index (χ0) is 22.1. The van der Waals surface area contributed by atoms with E-state index in [1.165, 1.54) is 6.07 Å². The Balaban J connectivity index is 0.00000259. The van der Waals surface area contributed by atoms with Crippen LogP contribution in [-0.4, -0.2) is 13.0 Å². The van der Waals surface area contributed by atoms with Gasteiger partial charge in [-0.15, -0.1) is 0 Å². The molecular formula is C26H19NiO4PS. The summed E-state index contributed by atoms with van der Waals surface area (Å²) in [6.45, 7) is 0. The minimum atomic E-state index is -4.40. The van der Waals surface area contributed by atoms with Crippen LogP contribution in [0, 0.1) is 0 Å². The number of furan rings is 1. The van der Waals surface area contributed by atoms with Gasteiger partial charge in [-0.2, -0.15) is 8.42 Å². The predicted octanol–water partition coefficient (Wildman–Crippen LogP) is 5.10. The van der Waals surface area contributed by atoms with E-state index in [1.54, 1.807) is 18.2 Å². The fourth-order valence-electron chi connectivity index (χ4n) is 3.84. The van der Waals surface area contributed by atoms with Gasteiger partial charge in [0.25, 0.3) is 10.1 Å². The van der Waals surface area contributed by atoms with Gasteiger partial charge in [0.05, 0.1) is 0 Å². The summed E-state index contributed by atoms with van der Waals surface area (Å²) in [5.74, 6) is 0.717. The fraction of sp³-hybridized carbons (Fsp3) is 0. The summed E-state index contributed by atoms with van der Waals surface area (Å²) in [6.07, 6.45) is 0. The third kappa shape index (κ3) is 4.66. The van der Waals surface area contributed by atoms with Gasteiger partial charge < -0.3 is 4.42 Å². The Morgan fingerprint density at radius 3 is 2.03 bits per heavy atom. The van der Waals surface area contributed by atoms with Gasteiger partial charge in [-0.05, 0) is 36.7 Å². The van der Waals surface area contributed by atoms with Crippen LogP contribution in [0.1, 0.15) is 0 Å². The van der Waals surface area contributed by atoms with Gasteiger partial charge in [0, 0.05) is 32.7 Å². The number of hydrogen-bond donors (Lipinski definition) is 1. The Bertz CT molecular complexity index is 1480. The molecule has 33 heavy (non-hydrogen) atoms. The quantitative estimate of drug-likeness (QED) is 0.200. The molecule has 0 aliphatic rings. The first-order chi connectivity index (χ1) is 15.5. The molecule has 7 heteroatoms. The van der Waals surface area contributed by atoms with Gasteiger partial charge >= 0.3 is 0 Å². The van der Waals surface area contributed by atoms with Crippen LogP contribution < -0.4 is 15.9 Å². The number of rotatable bonds is 5. The zero-order valence-corrected chi connectivity index (χ0v) is 19.9.